The molecule has 1 aliphatic carbocycles. The first kappa shape index (κ1) is 14.4. The van der Waals surface area contributed by atoms with Gasteiger partial charge in [-0.2, -0.15) is 0 Å². The Morgan fingerprint density at radius 2 is 2.16 bits per heavy atom. The number of hydrogen-bond donors (Lipinski definition) is 2. The molecule has 1 aliphatic rings. The van der Waals surface area contributed by atoms with Gasteiger partial charge in [0.2, 0.25) is 0 Å². The van der Waals surface area contributed by atoms with E-state index in [1.54, 1.807) is 0 Å². The summed E-state index contributed by atoms with van der Waals surface area (Å²) in [4.78, 5) is 2.30. The second-order valence-electron chi connectivity index (χ2n) is 5.58. The van der Waals surface area contributed by atoms with Crippen LogP contribution < -0.4 is 10.6 Å². The maximum absolute atomic E-state index is 7.79. The largest absolute Gasteiger partial charge is 0.384 e. The normalized spacial score (nSPS) is 23.1. The molecule has 1 aromatic carbocycles. The van der Waals surface area contributed by atoms with E-state index < -0.39 is 0 Å². The van der Waals surface area contributed by atoms with Gasteiger partial charge in [-0.25, -0.2) is 0 Å². The number of nitrogens with two attached hydrogens (primary N) is 1. The van der Waals surface area contributed by atoms with E-state index in [9.17, 15) is 0 Å². The second-order valence-corrected chi connectivity index (χ2v) is 6.44. The summed E-state index contributed by atoms with van der Waals surface area (Å²) in [5.41, 5.74) is 7.60. The summed E-state index contributed by atoms with van der Waals surface area (Å²) >= 11 is 3.50. The van der Waals surface area contributed by atoms with E-state index in [1.807, 2.05) is 12.1 Å². The summed E-state index contributed by atoms with van der Waals surface area (Å²) in [5, 5.41) is 7.79. The third-order valence-corrected chi connectivity index (χ3v) is 4.76. The van der Waals surface area contributed by atoms with Crippen molar-refractivity contribution >= 4 is 27.5 Å². The molecule has 0 amide bonds. The van der Waals surface area contributed by atoms with Crippen molar-refractivity contribution in [3.63, 3.8) is 0 Å². The van der Waals surface area contributed by atoms with Crippen LogP contribution in [-0.2, 0) is 0 Å². The molecule has 2 unspecified atom stereocenters. The summed E-state index contributed by atoms with van der Waals surface area (Å²) in [6.07, 6.45) is 5.08. The Morgan fingerprint density at radius 3 is 2.79 bits per heavy atom. The van der Waals surface area contributed by atoms with Crippen molar-refractivity contribution in [3.8, 4) is 0 Å². The van der Waals surface area contributed by atoms with Crippen LogP contribution in [0.15, 0.2) is 22.7 Å². The van der Waals surface area contributed by atoms with Crippen molar-refractivity contribution in [2.45, 2.75) is 38.6 Å². The first-order valence-corrected chi connectivity index (χ1v) is 7.65. The first-order chi connectivity index (χ1) is 9.00. The Balaban J connectivity index is 2.30. The van der Waals surface area contributed by atoms with Gasteiger partial charge in [0.05, 0.1) is 5.56 Å². The van der Waals surface area contributed by atoms with Gasteiger partial charge in [-0.3, -0.25) is 5.41 Å². The Kier molecular flexibility index (Phi) is 4.50. The van der Waals surface area contributed by atoms with Crippen LogP contribution in [0.4, 0.5) is 5.69 Å². The second kappa shape index (κ2) is 5.95. The molecule has 1 aromatic rings. The van der Waals surface area contributed by atoms with Gasteiger partial charge in [0.1, 0.15) is 5.84 Å². The molecule has 1 fully saturated rings. The zero-order chi connectivity index (χ0) is 14.0. The molecule has 104 valence electrons. The van der Waals surface area contributed by atoms with Gasteiger partial charge in [0, 0.05) is 23.2 Å². The smallest absolute Gasteiger partial charge is 0.126 e. The molecule has 3 nitrogen and oxygen atoms in total. The standard InChI is InChI=1S/C15H22BrN3/c1-10-5-3-6-11(9-10)19(2)13-8-4-7-12(16)14(13)15(17)18/h4,7-8,10-11H,3,5-6,9H2,1-2H3,(H3,17,18). The number of anilines is 1. The average molecular weight is 324 g/mol. The highest BCUT2D eigenvalue weighted by molar-refractivity contribution is 9.10. The van der Waals surface area contributed by atoms with E-state index in [0.29, 0.717) is 6.04 Å². The summed E-state index contributed by atoms with van der Waals surface area (Å²) in [7, 11) is 2.12. The molecule has 3 N–H and O–H groups in total. The number of nitrogens with zero attached hydrogens (tertiary/aromatic N) is 1. The van der Waals surface area contributed by atoms with Gasteiger partial charge in [-0.05, 0) is 46.8 Å². The zero-order valence-corrected chi connectivity index (χ0v) is 13.2. The highest BCUT2D eigenvalue weighted by Gasteiger charge is 2.24. The van der Waals surface area contributed by atoms with Gasteiger partial charge in [0.15, 0.2) is 0 Å². The molecule has 0 heterocycles. The van der Waals surface area contributed by atoms with Crippen molar-refractivity contribution in [1.82, 2.24) is 0 Å². The van der Waals surface area contributed by atoms with Crippen LogP contribution in [0.5, 0.6) is 0 Å². The summed E-state index contributed by atoms with van der Waals surface area (Å²) in [6.45, 7) is 2.33. The Hall–Kier alpha value is -1.03. The van der Waals surface area contributed by atoms with Crippen molar-refractivity contribution < 1.29 is 0 Å². The Bertz CT molecular complexity index is 472. The van der Waals surface area contributed by atoms with Gasteiger partial charge < -0.3 is 10.6 Å². The number of rotatable bonds is 3. The van der Waals surface area contributed by atoms with Gasteiger partial charge in [0.25, 0.3) is 0 Å². The predicted molar refractivity (Wildman–Crippen MR) is 85.0 cm³/mol. The Morgan fingerprint density at radius 1 is 1.42 bits per heavy atom. The minimum atomic E-state index is 0.123. The maximum Gasteiger partial charge on any atom is 0.126 e. The molecule has 2 rings (SSSR count). The van der Waals surface area contributed by atoms with Crippen molar-refractivity contribution in [3.05, 3.63) is 28.2 Å². The van der Waals surface area contributed by atoms with Crippen LogP contribution in [0, 0.1) is 11.3 Å². The molecular weight excluding hydrogens is 302 g/mol. The number of hydrogen-bond acceptors (Lipinski definition) is 2. The third kappa shape index (κ3) is 3.11. The van der Waals surface area contributed by atoms with E-state index in [-0.39, 0.29) is 5.84 Å². The van der Waals surface area contributed by atoms with Crippen LogP contribution in [0.2, 0.25) is 0 Å². The van der Waals surface area contributed by atoms with Crippen LogP contribution >= 0.6 is 15.9 Å². The fourth-order valence-corrected chi connectivity index (χ4v) is 3.59. The number of nitrogens with one attached hydrogen (secondary N) is 1. The van der Waals surface area contributed by atoms with E-state index in [4.69, 9.17) is 11.1 Å². The lowest BCUT2D eigenvalue weighted by Gasteiger charge is -2.36. The predicted octanol–water partition coefficient (Wildman–Crippen LogP) is 3.75. The minimum absolute atomic E-state index is 0.123. The van der Waals surface area contributed by atoms with Crippen LogP contribution in [0.1, 0.15) is 38.2 Å². The molecule has 0 aliphatic heterocycles. The van der Waals surface area contributed by atoms with Gasteiger partial charge in [-0.1, -0.05) is 25.8 Å². The quantitative estimate of drug-likeness (QED) is 0.657. The van der Waals surface area contributed by atoms with Crippen molar-refractivity contribution in [1.29, 1.82) is 5.41 Å². The molecule has 4 heteroatoms. The average Bonchev–Trinajstić information content (AvgIpc) is 2.37. The first-order valence-electron chi connectivity index (χ1n) is 6.86. The summed E-state index contributed by atoms with van der Waals surface area (Å²) < 4.78 is 0.896. The number of halogens is 1. The topological polar surface area (TPSA) is 53.1 Å². The summed E-state index contributed by atoms with van der Waals surface area (Å²) in [5.74, 6) is 0.910. The van der Waals surface area contributed by atoms with Crippen molar-refractivity contribution in [2.75, 3.05) is 11.9 Å². The monoisotopic (exact) mass is 323 g/mol. The number of amidine groups is 1. The molecule has 1 saturated carbocycles. The fraction of sp³-hybridized carbons (Fsp3) is 0.533. The molecular formula is C15H22BrN3. The SMILES string of the molecule is CC1CCCC(N(C)c2cccc(Br)c2C(=N)N)C1. The molecule has 0 saturated heterocycles. The lowest BCUT2D eigenvalue weighted by molar-refractivity contribution is 0.336. The van der Waals surface area contributed by atoms with E-state index in [2.05, 4.69) is 40.9 Å². The summed E-state index contributed by atoms with van der Waals surface area (Å²) in [6, 6.07) is 6.56. The molecule has 0 radical (unpaired) electrons. The van der Waals surface area contributed by atoms with Crippen LogP contribution in [0.3, 0.4) is 0 Å². The number of benzene rings is 1. The van der Waals surface area contributed by atoms with Gasteiger partial charge in [-0.15, -0.1) is 0 Å². The van der Waals surface area contributed by atoms with E-state index in [0.717, 1.165) is 21.6 Å². The molecule has 2 atom stereocenters. The highest BCUT2D eigenvalue weighted by Crippen LogP contribution is 2.33. The van der Waals surface area contributed by atoms with E-state index in [1.165, 1.54) is 25.7 Å². The van der Waals surface area contributed by atoms with E-state index >= 15 is 0 Å². The number of nitrogen functional groups attached to an aromatic ring is 1. The molecule has 0 bridgehead atoms. The van der Waals surface area contributed by atoms with Crippen molar-refractivity contribution in [2.24, 2.45) is 11.7 Å². The maximum atomic E-state index is 7.79. The van der Waals surface area contributed by atoms with Gasteiger partial charge >= 0.3 is 0 Å². The van der Waals surface area contributed by atoms with Crippen LogP contribution in [-0.4, -0.2) is 18.9 Å². The molecule has 0 aromatic heterocycles. The zero-order valence-electron chi connectivity index (χ0n) is 11.6. The minimum Gasteiger partial charge on any atom is -0.384 e. The lowest BCUT2D eigenvalue weighted by Crippen LogP contribution is -2.36. The lowest BCUT2D eigenvalue weighted by atomic mass is 9.86. The molecule has 0 spiro atoms. The fourth-order valence-electron chi connectivity index (χ4n) is 3.02. The Labute approximate surface area is 123 Å². The van der Waals surface area contributed by atoms with Crippen LogP contribution in [0.25, 0.3) is 0 Å². The highest BCUT2D eigenvalue weighted by atomic mass is 79.9. The third-order valence-electron chi connectivity index (χ3n) is 4.10. The molecule has 19 heavy (non-hydrogen) atoms.